The highest BCUT2D eigenvalue weighted by atomic mass is 16.3. The molecule has 7 heteroatoms. The minimum Gasteiger partial charge on any atom is -0.389 e. The number of nitrogens with zero attached hydrogens (tertiary/aromatic N) is 4. The van der Waals surface area contributed by atoms with E-state index in [1.165, 1.54) is 17.0 Å². The van der Waals surface area contributed by atoms with E-state index in [0.717, 1.165) is 0 Å². The smallest absolute Gasteiger partial charge is 0.254 e. The lowest BCUT2D eigenvalue weighted by atomic mass is 10.1. The van der Waals surface area contributed by atoms with Gasteiger partial charge in [-0.25, -0.2) is 9.50 Å². The number of carbonyl (C=O) groups is 1. The second-order valence-electron chi connectivity index (χ2n) is 4.72. The van der Waals surface area contributed by atoms with E-state index >= 15 is 0 Å². The van der Waals surface area contributed by atoms with E-state index in [2.05, 4.69) is 20.4 Å². The lowest BCUT2D eigenvalue weighted by Crippen LogP contribution is -2.38. The minimum absolute atomic E-state index is 0.167. The average Bonchev–Trinajstić information content (AvgIpc) is 2.74. The third-order valence-corrected chi connectivity index (χ3v) is 2.47. The van der Waals surface area contributed by atoms with Gasteiger partial charge in [-0.05, 0) is 20.8 Å². The Bertz CT molecular complexity index is 585. The molecule has 1 amide bonds. The van der Waals surface area contributed by atoms with Crippen LogP contribution in [0.1, 0.15) is 29.9 Å². The first-order chi connectivity index (χ1) is 8.38. The van der Waals surface area contributed by atoms with E-state index in [0.29, 0.717) is 17.0 Å². The summed E-state index contributed by atoms with van der Waals surface area (Å²) in [6.07, 6.45) is 2.84. The summed E-state index contributed by atoms with van der Waals surface area (Å²) in [4.78, 5) is 19.9. The van der Waals surface area contributed by atoms with Crippen LogP contribution in [0.25, 0.3) is 5.78 Å². The number of amides is 1. The molecule has 2 rings (SSSR count). The van der Waals surface area contributed by atoms with Gasteiger partial charge in [0.1, 0.15) is 6.33 Å². The van der Waals surface area contributed by atoms with Gasteiger partial charge in [0.05, 0.1) is 16.9 Å². The van der Waals surface area contributed by atoms with Crippen molar-refractivity contribution in [3.8, 4) is 0 Å². The van der Waals surface area contributed by atoms with Crippen LogP contribution in [0.2, 0.25) is 0 Å². The Morgan fingerprint density at radius 1 is 1.50 bits per heavy atom. The Morgan fingerprint density at radius 3 is 2.89 bits per heavy atom. The molecule has 0 aliphatic carbocycles. The summed E-state index contributed by atoms with van der Waals surface area (Å²) in [6, 6.07) is 0. The van der Waals surface area contributed by atoms with Gasteiger partial charge in [-0.2, -0.15) is 10.1 Å². The van der Waals surface area contributed by atoms with Gasteiger partial charge in [0.15, 0.2) is 0 Å². The van der Waals surface area contributed by atoms with Crippen molar-refractivity contribution in [2.75, 3.05) is 6.54 Å². The lowest BCUT2D eigenvalue weighted by Gasteiger charge is -2.17. The van der Waals surface area contributed by atoms with Crippen LogP contribution in [0.3, 0.4) is 0 Å². The van der Waals surface area contributed by atoms with Crippen LogP contribution >= 0.6 is 0 Å². The number of fused-ring (bicyclic) bond motifs is 1. The van der Waals surface area contributed by atoms with Crippen LogP contribution in [-0.4, -0.2) is 42.7 Å². The third kappa shape index (κ3) is 2.45. The Kier molecular flexibility index (Phi) is 3.00. The standard InChI is InChI=1S/C11H15N5O2/c1-7-8(9(17)13-5-11(2,3)18)4-12-10-14-6-15-16(7)10/h4,6,18H,5H2,1-3H3,(H,13,17). The fourth-order valence-electron chi connectivity index (χ4n) is 1.50. The fourth-order valence-corrected chi connectivity index (χ4v) is 1.50. The highest BCUT2D eigenvalue weighted by molar-refractivity contribution is 5.95. The summed E-state index contributed by atoms with van der Waals surface area (Å²) in [5.41, 5.74) is 0.122. The molecule has 0 bridgehead atoms. The topological polar surface area (TPSA) is 92.4 Å². The number of aliphatic hydroxyl groups is 1. The molecule has 0 saturated carbocycles. The van der Waals surface area contributed by atoms with Crippen LogP contribution in [-0.2, 0) is 0 Å². The molecule has 0 aliphatic heterocycles. The first-order valence-electron chi connectivity index (χ1n) is 5.54. The molecule has 0 saturated heterocycles. The van der Waals surface area contributed by atoms with E-state index in [9.17, 15) is 9.90 Å². The zero-order valence-electron chi connectivity index (χ0n) is 10.5. The van der Waals surface area contributed by atoms with Crippen molar-refractivity contribution >= 4 is 11.7 Å². The fraction of sp³-hybridized carbons (Fsp3) is 0.455. The summed E-state index contributed by atoms with van der Waals surface area (Å²) in [5.74, 6) is 0.158. The summed E-state index contributed by atoms with van der Waals surface area (Å²) in [7, 11) is 0. The van der Waals surface area contributed by atoms with E-state index < -0.39 is 5.60 Å². The van der Waals surface area contributed by atoms with Gasteiger partial charge < -0.3 is 10.4 Å². The van der Waals surface area contributed by atoms with E-state index in [4.69, 9.17) is 0 Å². The van der Waals surface area contributed by atoms with Crippen molar-refractivity contribution in [2.45, 2.75) is 26.4 Å². The van der Waals surface area contributed by atoms with Crippen molar-refractivity contribution < 1.29 is 9.90 Å². The summed E-state index contributed by atoms with van der Waals surface area (Å²) in [6.45, 7) is 5.18. The Balaban J connectivity index is 2.25. The van der Waals surface area contributed by atoms with Crippen LogP contribution in [0.15, 0.2) is 12.5 Å². The summed E-state index contributed by atoms with van der Waals surface area (Å²) < 4.78 is 1.50. The molecule has 18 heavy (non-hydrogen) atoms. The van der Waals surface area contributed by atoms with Gasteiger partial charge in [-0.3, -0.25) is 4.79 Å². The maximum absolute atomic E-state index is 12.0. The molecule has 2 aromatic rings. The predicted octanol–water partition coefficient (Wildman–Crippen LogP) is -0.0666. The first-order valence-corrected chi connectivity index (χ1v) is 5.54. The number of aryl methyl sites for hydroxylation is 1. The van der Waals surface area contributed by atoms with Gasteiger partial charge in [-0.15, -0.1) is 0 Å². The second-order valence-corrected chi connectivity index (χ2v) is 4.72. The molecule has 0 unspecified atom stereocenters. The van der Waals surface area contributed by atoms with E-state index in [1.807, 2.05) is 0 Å². The molecule has 2 aromatic heterocycles. The summed E-state index contributed by atoms with van der Waals surface area (Å²) >= 11 is 0. The van der Waals surface area contributed by atoms with Crippen LogP contribution < -0.4 is 5.32 Å². The van der Waals surface area contributed by atoms with Gasteiger partial charge in [0.2, 0.25) is 0 Å². The van der Waals surface area contributed by atoms with E-state index in [1.54, 1.807) is 20.8 Å². The zero-order valence-corrected chi connectivity index (χ0v) is 10.5. The van der Waals surface area contributed by atoms with Crippen molar-refractivity contribution in [1.29, 1.82) is 0 Å². The molecule has 0 fully saturated rings. The molecule has 0 aromatic carbocycles. The number of aromatic nitrogens is 4. The zero-order chi connectivity index (χ0) is 13.3. The largest absolute Gasteiger partial charge is 0.389 e. The van der Waals surface area contributed by atoms with Crippen molar-refractivity contribution in [2.24, 2.45) is 0 Å². The first kappa shape index (κ1) is 12.4. The van der Waals surface area contributed by atoms with Crippen molar-refractivity contribution in [3.05, 3.63) is 23.8 Å². The quantitative estimate of drug-likeness (QED) is 0.794. The predicted molar refractivity (Wildman–Crippen MR) is 64.2 cm³/mol. The molecule has 0 spiro atoms. The maximum atomic E-state index is 12.0. The number of carbonyl (C=O) groups excluding carboxylic acids is 1. The van der Waals surface area contributed by atoms with Crippen LogP contribution in [0, 0.1) is 6.92 Å². The Hall–Kier alpha value is -2.02. The Morgan fingerprint density at radius 2 is 2.22 bits per heavy atom. The highest BCUT2D eigenvalue weighted by Crippen LogP contribution is 2.08. The molecule has 7 nitrogen and oxygen atoms in total. The van der Waals surface area contributed by atoms with E-state index in [-0.39, 0.29) is 12.5 Å². The lowest BCUT2D eigenvalue weighted by molar-refractivity contribution is 0.0693. The molecule has 0 atom stereocenters. The second kappa shape index (κ2) is 4.34. The minimum atomic E-state index is -0.950. The van der Waals surface area contributed by atoms with Crippen LogP contribution in [0.5, 0.6) is 0 Å². The van der Waals surface area contributed by atoms with Gasteiger partial charge in [0.25, 0.3) is 11.7 Å². The third-order valence-electron chi connectivity index (χ3n) is 2.47. The van der Waals surface area contributed by atoms with Crippen molar-refractivity contribution in [1.82, 2.24) is 24.9 Å². The van der Waals surface area contributed by atoms with Crippen LogP contribution in [0.4, 0.5) is 0 Å². The molecule has 2 N–H and O–H groups in total. The molecule has 0 aliphatic rings. The molecule has 0 radical (unpaired) electrons. The number of nitrogens with one attached hydrogen (secondary N) is 1. The monoisotopic (exact) mass is 249 g/mol. The highest BCUT2D eigenvalue weighted by Gasteiger charge is 2.17. The molecular formula is C11H15N5O2. The molecular weight excluding hydrogens is 234 g/mol. The number of hydrogen-bond donors (Lipinski definition) is 2. The Labute approximate surface area is 104 Å². The van der Waals surface area contributed by atoms with Crippen molar-refractivity contribution in [3.63, 3.8) is 0 Å². The molecule has 2 heterocycles. The SMILES string of the molecule is Cc1c(C(=O)NCC(C)(C)O)cnc2ncnn12. The number of rotatable bonds is 3. The normalized spacial score (nSPS) is 11.8. The maximum Gasteiger partial charge on any atom is 0.254 e. The number of hydrogen-bond acceptors (Lipinski definition) is 5. The average molecular weight is 249 g/mol. The van der Waals surface area contributed by atoms with Gasteiger partial charge >= 0.3 is 0 Å². The van der Waals surface area contributed by atoms with Gasteiger partial charge in [0, 0.05) is 12.7 Å². The molecule has 96 valence electrons. The van der Waals surface area contributed by atoms with Gasteiger partial charge in [-0.1, -0.05) is 0 Å². The summed E-state index contributed by atoms with van der Waals surface area (Å²) in [5, 5.41) is 16.2.